The molecule has 0 heterocycles. The zero-order chi connectivity index (χ0) is 23.7. The molecule has 0 radical (unpaired) electrons. The van der Waals surface area contributed by atoms with E-state index in [1.807, 2.05) is 11.1 Å². The summed E-state index contributed by atoms with van der Waals surface area (Å²) in [5.41, 5.74) is 12.0. The van der Waals surface area contributed by atoms with E-state index in [1.54, 1.807) is 0 Å². The molecular weight excluding hydrogens is 501 g/mol. The highest BCUT2D eigenvalue weighted by molar-refractivity contribution is 14.1. The van der Waals surface area contributed by atoms with Crippen LogP contribution in [0, 0.1) is 39.4 Å². The lowest BCUT2D eigenvalue weighted by molar-refractivity contribution is -0.0144. The first-order valence-electron chi connectivity index (χ1n) is 13.8. The molecule has 2 heteroatoms. The van der Waals surface area contributed by atoms with E-state index in [0.29, 0.717) is 21.7 Å². The summed E-state index contributed by atoms with van der Waals surface area (Å²) < 4.78 is 0.833. The molecule has 4 aliphatic carbocycles. The maximum absolute atomic E-state index is 6.29. The molecule has 0 bridgehead atoms. The number of nitrogens with two attached hydrogens (primary N) is 1. The zero-order valence-electron chi connectivity index (χ0n) is 22.5. The Bertz CT molecular complexity index is 759. The molecule has 2 fully saturated rings. The van der Waals surface area contributed by atoms with Gasteiger partial charge in [-0.2, -0.15) is 0 Å². The highest BCUT2D eigenvalue weighted by atomic mass is 127. The van der Waals surface area contributed by atoms with E-state index in [1.165, 1.54) is 64.2 Å². The number of hydrogen-bond acceptors (Lipinski definition) is 1. The molecular formula is C30H52IN. The maximum atomic E-state index is 6.29. The van der Waals surface area contributed by atoms with Crippen molar-refractivity contribution in [2.24, 2.45) is 45.1 Å². The summed E-state index contributed by atoms with van der Waals surface area (Å²) in [6.07, 6.45) is 15.1. The van der Waals surface area contributed by atoms with E-state index in [0.717, 1.165) is 28.1 Å². The Labute approximate surface area is 213 Å². The molecule has 0 aromatic rings. The topological polar surface area (TPSA) is 26.0 Å². The predicted octanol–water partition coefficient (Wildman–Crippen LogP) is 9.08. The molecule has 0 amide bonds. The van der Waals surface area contributed by atoms with Gasteiger partial charge in [0.25, 0.3) is 0 Å². The van der Waals surface area contributed by atoms with Crippen molar-refractivity contribution >= 4 is 22.6 Å². The van der Waals surface area contributed by atoms with Crippen LogP contribution < -0.4 is 5.73 Å². The van der Waals surface area contributed by atoms with Crippen LogP contribution in [0.15, 0.2) is 11.1 Å². The number of fused-ring (bicyclic) bond motifs is 4. The van der Waals surface area contributed by atoms with Crippen LogP contribution in [-0.4, -0.2) is 9.46 Å². The van der Waals surface area contributed by atoms with Crippen molar-refractivity contribution < 1.29 is 0 Å². The van der Waals surface area contributed by atoms with Crippen LogP contribution in [0.3, 0.4) is 0 Å². The van der Waals surface area contributed by atoms with Crippen LogP contribution in [0.2, 0.25) is 0 Å². The summed E-state index contributed by atoms with van der Waals surface area (Å²) >= 11 is 2.77. The molecule has 0 aromatic heterocycles. The van der Waals surface area contributed by atoms with E-state index >= 15 is 0 Å². The Morgan fingerprint density at radius 2 is 1.66 bits per heavy atom. The van der Waals surface area contributed by atoms with E-state index in [4.69, 9.17) is 5.73 Å². The lowest BCUT2D eigenvalue weighted by Crippen LogP contribution is -2.54. The smallest absolute Gasteiger partial charge is 0.0164 e. The van der Waals surface area contributed by atoms with Gasteiger partial charge in [-0.15, -0.1) is 0 Å². The largest absolute Gasteiger partial charge is 0.326 e. The molecule has 0 aliphatic heterocycles. The molecule has 2 saturated carbocycles. The van der Waals surface area contributed by atoms with Gasteiger partial charge in [-0.05, 0) is 111 Å². The third-order valence-electron chi connectivity index (χ3n) is 11.9. The van der Waals surface area contributed by atoms with Gasteiger partial charge in [0.15, 0.2) is 0 Å². The Balaban J connectivity index is 1.60. The molecule has 0 aromatic carbocycles. The summed E-state index contributed by atoms with van der Waals surface area (Å²) in [7, 11) is 0. The molecule has 4 aliphatic rings. The van der Waals surface area contributed by atoms with Crippen molar-refractivity contribution in [3.8, 4) is 0 Å². The van der Waals surface area contributed by atoms with Crippen LogP contribution in [-0.2, 0) is 0 Å². The first-order chi connectivity index (χ1) is 14.7. The minimum absolute atomic E-state index is 0.0167. The zero-order valence-corrected chi connectivity index (χ0v) is 24.7. The highest BCUT2D eigenvalue weighted by Crippen LogP contribution is 2.72. The average molecular weight is 554 g/mol. The van der Waals surface area contributed by atoms with Gasteiger partial charge in [-0.25, -0.2) is 0 Å². The summed E-state index contributed by atoms with van der Waals surface area (Å²) in [4.78, 5) is 0. The predicted molar refractivity (Wildman–Crippen MR) is 148 cm³/mol. The van der Waals surface area contributed by atoms with Gasteiger partial charge >= 0.3 is 0 Å². The van der Waals surface area contributed by atoms with Crippen molar-refractivity contribution in [3.05, 3.63) is 11.1 Å². The molecule has 184 valence electrons. The van der Waals surface area contributed by atoms with Gasteiger partial charge in [0, 0.05) is 9.46 Å². The van der Waals surface area contributed by atoms with Gasteiger partial charge < -0.3 is 5.73 Å². The van der Waals surface area contributed by atoms with E-state index in [9.17, 15) is 0 Å². The summed E-state index contributed by atoms with van der Waals surface area (Å²) in [5.74, 6) is 2.58. The Morgan fingerprint density at radius 1 is 0.969 bits per heavy atom. The number of rotatable bonds is 5. The second-order valence-electron chi connectivity index (χ2n) is 14.5. The van der Waals surface area contributed by atoms with Crippen molar-refractivity contribution in [2.75, 3.05) is 0 Å². The van der Waals surface area contributed by atoms with E-state index < -0.39 is 0 Å². The van der Waals surface area contributed by atoms with Crippen LogP contribution >= 0.6 is 22.6 Å². The fraction of sp³-hybridized carbons (Fsp3) is 0.933. The second-order valence-corrected chi connectivity index (χ2v) is 16.0. The van der Waals surface area contributed by atoms with Gasteiger partial charge in [-0.3, -0.25) is 0 Å². The minimum atomic E-state index is -0.0167. The standard InChI is InChI=1S/C30H52IN/c1-20(10-9-16-26(2,3)32)21-13-18-30(8)23-11-12-24-27(4,5)25(31)15-17-28(24,6)22(23)14-19-29(21,30)7/h20-21,24-25H,9-19,32H2,1-8H3/t20-,21-,24+,25+,28-,29-,30+/m1/s1. The van der Waals surface area contributed by atoms with Crippen molar-refractivity contribution in [1.82, 2.24) is 0 Å². The van der Waals surface area contributed by atoms with Gasteiger partial charge in [0.05, 0.1) is 0 Å². The first kappa shape index (κ1) is 25.5. The van der Waals surface area contributed by atoms with Crippen molar-refractivity contribution in [1.29, 1.82) is 0 Å². The third-order valence-corrected chi connectivity index (χ3v) is 14.1. The number of alkyl halides is 1. The van der Waals surface area contributed by atoms with Crippen LogP contribution in [0.1, 0.15) is 126 Å². The van der Waals surface area contributed by atoms with Crippen LogP contribution in [0.25, 0.3) is 0 Å². The third kappa shape index (κ3) is 3.79. The number of hydrogen-bond donors (Lipinski definition) is 1. The fourth-order valence-corrected chi connectivity index (χ4v) is 10.4. The average Bonchev–Trinajstić information content (AvgIpc) is 2.96. The van der Waals surface area contributed by atoms with Crippen LogP contribution in [0.4, 0.5) is 0 Å². The first-order valence-corrected chi connectivity index (χ1v) is 15.1. The SMILES string of the molecule is C[C@H](CCCC(C)(C)N)[C@H]1CC[C@@]2(C)C3=C(CC[C@]12C)[C@@]1(C)CC[C@H](I)C(C)(C)[C@@H]1CC3. The quantitative estimate of drug-likeness (QED) is 0.205. The monoisotopic (exact) mass is 553 g/mol. The van der Waals surface area contributed by atoms with E-state index in [2.05, 4.69) is 78.0 Å². The van der Waals surface area contributed by atoms with E-state index in [-0.39, 0.29) is 5.54 Å². The minimum Gasteiger partial charge on any atom is -0.326 e. The van der Waals surface area contributed by atoms with Crippen LogP contribution in [0.5, 0.6) is 0 Å². The summed E-state index contributed by atoms with van der Waals surface area (Å²) in [5, 5.41) is 0. The molecule has 0 spiro atoms. The van der Waals surface area contributed by atoms with Gasteiger partial charge in [0.2, 0.25) is 0 Å². The molecule has 2 N–H and O–H groups in total. The Morgan fingerprint density at radius 3 is 2.31 bits per heavy atom. The lowest BCUT2D eigenvalue weighted by Gasteiger charge is -2.62. The Hall–Kier alpha value is 0.430. The summed E-state index contributed by atoms with van der Waals surface area (Å²) in [6, 6.07) is 0. The Kier molecular flexibility index (Phi) is 6.57. The number of allylic oxidation sites excluding steroid dienone is 2. The molecule has 32 heavy (non-hydrogen) atoms. The number of halogens is 1. The summed E-state index contributed by atoms with van der Waals surface area (Å²) in [6.45, 7) is 20.2. The van der Waals surface area contributed by atoms with Crippen molar-refractivity contribution in [2.45, 2.75) is 135 Å². The molecule has 0 saturated heterocycles. The van der Waals surface area contributed by atoms with Gasteiger partial charge in [0.1, 0.15) is 0 Å². The molecule has 1 nitrogen and oxygen atoms in total. The molecule has 0 unspecified atom stereocenters. The molecule has 7 atom stereocenters. The molecule has 4 rings (SSSR count). The maximum Gasteiger partial charge on any atom is 0.0164 e. The lowest BCUT2D eigenvalue weighted by atomic mass is 9.43. The normalized spacial score (nSPS) is 44.6. The second kappa shape index (κ2) is 8.24. The highest BCUT2D eigenvalue weighted by Gasteiger charge is 2.63. The van der Waals surface area contributed by atoms with Crippen molar-refractivity contribution in [3.63, 3.8) is 0 Å². The fourth-order valence-electron chi connectivity index (χ4n) is 9.69. The van der Waals surface area contributed by atoms with Gasteiger partial charge in [-0.1, -0.05) is 88.1 Å².